The molecule has 0 aliphatic heterocycles. The Morgan fingerprint density at radius 1 is 1.00 bits per heavy atom. The number of unbranched alkanes of at least 4 members (excludes halogenated alkanes) is 2. The summed E-state index contributed by atoms with van der Waals surface area (Å²) in [5.74, 6) is 0. The molecule has 4 heteroatoms. The van der Waals surface area contributed by atoms with Crippen molar-refractivity contribution in [1.29, 1.82) is 0 Å². The number of ether oxygens (including phenoxy) is 2. The largest absolute Gasteiger partial charge is 2.00 e. The van der Waals surface area contributed by atoms with Gasteiger partial charge in [-0.25, -0.2) is 0 Å². The molecule has 0 aliphatic rings. The maximum Gasteiger partial charge on any atom is 2.00 e. The number of rotatable bonds is 10. The van der Waals surface area contributed by atoms with Crippen LogP contribution in [0.25, 0.3) is 0 Å². The van der Waals surface area contributed by atoms with Gasteiger partial charge in [0, 0.05) is 13.2 Å². The molecule has 2 nitrogen and oxygen atoms in total. The van der Waals surface area contributed by atoms with Crippen LogP contribution in [0.2, 0.25) is 0 Å². The summed E-state index contributed by atoms with van der Waals surface area (Å²) in [6, 6.07) is 0. The van der Waals surface area contributed by atoms with Crippen molar-refractivity contribution in [2.75, 3.05) is 13.2 Å². The average Bonchev–Trinajstić information content (AvgIpc) is 2.21. The van der Waals surface area contributed by atoms with Gasteiger partial charge in [0.15, 0.2) is 6.29 Å². The van der Waals surface area contributed by atoms with Crippen LogP contribution in [0, 0.1) is 6.92 Å². The van der Waals surface area contributed by atoms with Crippen LogP contribution in [0.15, 0.2) is 0 Å². The van der Waals surface area contributed by atoms with Crippen LogP contribution in [-0.4, -0.2) is 42.6 Å². The Balaban J connectivity index is -0.000000845. The van der Waals surface area contributed by atoms with E-state index in [1.807, 2.05) is 0 Å². The quantitative estimate of drug-likeness (QED) is 0.248. The normalized spacial score (nSPS) is 9.75. The molecular weight excluding hydrogens is 280 g/mol. The Morgan fingerprint density at radius 3 is 1.88 bits per heavy atom. The number of hydrogen-bond acceptors (Lipinski definition) is 2. The first-order valence-electron chi connectivity index (χ1n) is 5.87. The molecule has 16 heavy (non-hydrogen) atoms. The minimum Gasteiger partial charge on any atom is -1.00 e. The number of halogens is 1. The Morgan fingerprint density at radius 2 is 1.50 bits per heavy atom. The van der Waals surface area contributed by atoms with Gasteiger partial charge in [0.05, 0.1) is 0 Å². The molecule has 0 unspecified atom stereocenters. The minimum atomic E-state index is 0. The van der Waals surface area contributed by atoms with Crippen molar-refractivity contribution in [2.45, 2.75) is 58.7 Å². The first-order chi connectivity index (χ1) is 6.85. The van der Waals surface area contributed by atoms with E-state index in [1.54, 1.807) is 0 Å². The van der Waals surface area contributed by atoms with Gasteiger partial charge in [-0.2, -0.15) is 6.42 Å². The molecule has 0 aromatic rings. The molecule has 0 spiro atoms. The number of hydrogen-bond donors (Lipinski definition) is 0. The summed E-state index contributed by atoms with van der Waals surface area (Å²) in [5.41, 5.74) is 0. The van der Waals surface area contributed by atoms with E-state index in [2.05, 4.69) is 20.8 Å². The first kappa shape index (κ1) is 22.4. The van der Waals surface area contributed by atoms with Crippen LogP contribution in [-0.2, 0) is 9.47 Å². The minimum absolute atomic E-state index is 0. The van der Waals surface area contributed by atoms with Gasteiger partial charge in [0.2, 0.25) is 0 Å². The molecule has 94 valence electrons. The van der Waals surface area contributed by atoms with Crippen molar-refractivity contribution >= 4 is 23.1 Å². The summed E-state index contributed by atoms with van der Waals surface area (Å²) >= 11 is 0. The van der Waals surface area contributed by atoms with Gasteiger partial charge in [-0.3, -0.25) is 0 Å². The maximum atomic E-state index is 5.60. The van der Waals surface area contributed by atoms with Gasteiger partial charge in [-0.1, -0.05) is 26.7 Å². The van der Waals surface area contributed by atoms with Gasteiger partial charge < -0.3 is 33.4 Å². The third-order valence-corrected chi connectivity index (χ3v) is 1.96. The van der Waals surface area contributed by atoms with Gasteiger partial charge in [0.25, 0.3) is 0 Å². The summed E-state index contributed by atoms with van der Waals surface area (Å²) in [6.07, 6.45) is 6.47. The molecule has 0 fully saturated rings. The van der Waals surface area contributed by atoms with Gasteiger partial charge in [0.1, 0.15) is 0 Å². The van der Waals surface area contributed by atoms with E-state index in [-0.39, 0.29) is 46.3 Å². The van der Waals surface area contributed by atoms with Crippen LogP contribution in [0.3, 0.4) is 0 Å². The third kappa shape index (κ3) is 15.2. The Labute approximate surface area is 128 Å². The Hall–Kier alpha value is 1.17. The Kier molecular flexibility index (Phi) is 25.9. The smallest absolute Gasteiger partial charge is 1.00 e. The average molecular weight is 306 g/mol. The van der Waals surface area contributed by atoms with Crippen molar-refractivity contribution in [3.63, 3.8) is 0 Å². The standard InChI is InChI=1S/C12H25O2.BrH.Mg/c1-4-7-8-9-12(13-10-5-2)14-11-6-3;;/h12H,1,4-11H2,2-3H3;1H;/q-1;;+2/p-1. The molecule has 0 aliphatic carbocycles. The van der Waals surface area contributed by atoms with E-state index in [9.17, 15) is 0 Å². The molecule has 0 aromatic carbocycles. The second-order valence-electron chi connectivity index (χ2n) is 3.52. The van der Waals surface area contributed by atoms with Gasteiger partial charge in [-0.15, -0.1) is 0 Å². The van der Waals surface area contributed by atoms with Crippen LogP contribution >= 0.6 is 0 Å². The summed E-state index contributed by atoms with van der Waals surface area (Å²) in [4.78, 5) is 0. The van der Waals surface area contributed by atoms with E-state index in [0.29, 0.717) is 0 Å². The maximum absolute atomic E-state index is 5.60. The molecule has 0 aromatic heterocycles. The van der Waals surface area contributed by atoms with E-state index in [0.717, 1.165) is 45.3 Å². The zero-order valence-electron chi connectivity index (χ0n) is 10.8. The molecule has 0 saturated carbocycles. The zero-order chi connectivity index (χ0) is 10.6. The molecule has 0 radical (unpaired) electrons. The summed E-state index contributed by atoms with van der Waals surface area (Å²) in [5, 5.41) is 0. The fraction of sp³-hybridized carbons (Fsp3) is 0.917. The van der Waals surface area contributed by atoms with Crippen molar-refractivity contribution in [3.8, 4) is 0 Å². The predicted molar refractivity (Wildman–Crippen MR) is 65.9 cm³/mol. The van der Waals surface area contributed by atoms with Gasteiger partial charge >= 0.3 is 23.1 Å². The van der Waals surface area contributed by atoms with E-state index < -0.39 is 0 Å². The summed E-state index contributed by atoms with van der Waals surface area (Å²) in [7, 11) is 0. The van der Waals surface area contributed by atoms with Crippen molar-refractivity contribution in [1.82, 2.24) is 0 Å². The van der Waals surface area contributed by atoms with Crippen LogP contribution in [0.1, 0.15) is 52.4 Å². The SMILES string of the molecule is [Br-].[CH2-]CCCCC(OCCC)OCCC.[Mg+2]. The van der Waals surface area contributed by atoms with Crippen LogP contribution in [0.5, 0.6) is 0 Å². The van der Waals surface area contributed by atoms with Crippen molar-refractivity contribution in [3.05, 3.63) is 6.92 Å². The molecule has 0 amide bonds. The molecular formula is C12H25BrMgO2. The second kappa shape index (κ2) is 18.5. The summed E-state index contributed by atoms with van der Waals surface area (Å²) in [6.45, 7) is 9.67. The molecule has 0 N–H and O–H groups in total. The third-order valence-electron chi connectivity index (χ3n) is 1.96. The molecule has 0 atom stereocenters. The van der Waals surface area contributed by atoms with E-state index in [4.69, 9.17) is 9.47 Å². The van der Waals surface area contributed by atoms with Crippen molar-refractivity contribution in [2.24, 2.45) is 0 Å². The predicted octanol–water partition coefficient (Wildman–Crippen LogP) is 0.183. The van der Waals surface area contributed by atoms with E-state index in [1.165, 1.54) is 6.42 Å². The van der Waals surface area contributed by atoms with Crippen molar-refractivity contribution < 1.29 is 26.5 Å². The molecule has 0 saturated heterocycles. The molecule has 0 rings (SSSR count). The monoisotopic (exact) mass is 304 g/mol. The van der Waals surface area contributed by atoms with Crippen LogP contribution < -0.4 is 17.0 Å². The second-order valence-corrected chi connectivity index (χ2v) is 3.52. The fourth-order valence-electron chi connectivity index (χ4n) is 1.20. The fourth-order valence-corrected chi connectivity index (χ4v) is 1.20. The first-order valence-corrected chi connectivity index (χ1v) is 5.87. The van der Waals surface area contributed by atoms with Crippen LogP contribution in [0.4, 0.5) is 0 Å². The van der Waals surface area contributed by atoms with E-state index >= 15 is 0 Å². The molecule has 0 bridgehead atoms. The zero-order valence-corrected chi connectivity index (χ0v) is 13.8. The summed E-state index contributed by atoms with van der Waals surface area (Å²) < 4.78 is 11.2. The molecule has 0 heterocycles. The van der Waals surface area contributed by atoms with Gasteiger partial charge in [-0.05, 0) is 19.3 Å². The Bertz CT molecular complexity index is 107. The topological polar surface area (TPSA) is 18.5 Å².